The predicted molar refractivity (Wildman–Crippen MR) is 62.0 cm³/mol. The fourth-order valence-electron chi connectivity index (χ4n) is 1.34. The van der Waals surface area contributed by atoms with Crippen molar-refractivity contribution in [2.75, 3.05) is 5.73 Å². The van der Waals surface area contributed by atoms with E-state index < -0.39 is 17.6 Å². The number of carboxylic acid groups (broad SMARTS) is 1. The van der Waals surface area contributed by atoms with E-state index in [4.69, 9.17) is 15.6 Å². The molecular formula is C12H8F2N2O3. The van der Waals surface area contributed by atoms with E-state index in [9.17, 15) is 13.6 Å². The largest absolute Gasteiger partial charge is 0.478 e. The maximum Gasteiger partial charge on any atom is 0.337 e. The van der Waals surface area contributed by atoms with E-state index in [1.807, 2.05) is 0 Å². The van der Waals surface area contributed by atoms with Crippen molar-refractivity contribution in [3.63, 3.8) is 0 Å². The maximum absolute atomic E-state index is 13.4. The Kier molecular flexibility index (Phi) is 3.28. The van der Waals surface area contributed by atoms with Gasteiger partial charge in [-0.05, 0) is 18.2 Å². The molecule has 0 amide bonds. The quantitative estimate of drug-likeness (QED) is 0.891. The van der Waals surface area contributed by atoms with Crippen LogP contribution in [0.3, 0.4) is 0 Å². The van der Waals surface area contributed by atoms with Gasteiger partial charge in [-0.15, -0.1) is 0 Å². The van der Waals surface area contributed by atoms with Crippen molar-refractivity contribution in [3.05, 3.63) is 47.7 Å². The second-order valence-electron chi connectivity index (χ2n) is 3.58. The van der Waals surface area contributed by atoms with Gasteiger partial charge in [0.2, 0.25) is 11.7 Å². The highest BCUT2D eigenvalue weighted by molar-refractivity contribution is 5.88. The van der Waals surface area contributed by atoms with Crippen molar-refractivity contribution in [1.82, 2.24) is 4.98 Å². The summed E-state index contributed by atoms with van der Waals surface area (Å²) >= 11 is 0. The Bertz CT molecular complexity index is 647. The highest BCUT2D eigenvalue weighted by atomic mass is 19.2. The minimum absolute atomic E-state index is 0.0939. The maximum atomic E-state index is 13.4. The van der Waals surface area contributed by atoms with E-state index in [1.165, 1.54) is 12.1 Å². The minimum atomic E-state index is -1.21. The van der Waals surface area contributed by atoms with Crippen molar-refractivity contribution < 1.29 is 23.4 Å². The van der Waals surface area contributed by atoms with Crippen LogP contribution in [0.15, 0.2) is 30.5 Å². The Hall–Kier alpha value is -2.70. The van der Waals surface area contributed by atoms with Crippen LogP contribution >= 0.6 is 0 Å². The number of nitrogens with two attached hydrogens (primary N) is 1. The number of benzene rings is 1. The number of hydrogen-bond donors (Lipinski definition) is 2. The number of carbonyl (C=O) groups is 1. The van der Waals surface area contributed by atoms with Crippen molar-refractivity contribution in [1.29, 1.82) is 0 Å². The molecular weight excluding hydrogens is 258 g/mol. The summed E-state index contributed by atoms with van der Waals surface area (Å²) in [5.41, 5.74) is 5.30. The normalized spacial score (nSPS) is 10.2. The average molecular weight is 266 g/mol. The second-order valence-corrected chi connectivity index (χ2v) is 3.58. The van der Waals surface area contributed by atoms with Crippen LogP contribution in [0.5, 0.6) is 11.6 Å². The zero-order valence-corrected chi connectivity index (χ0v) is 9.43. The minimum Gasteiger partial charge on any atom is -0.478 e. The molecule has 3 N–H and O–H groups in total. The number of halogens is 2. The predicted octanol–water partition coefficient (Wildman–Crippen LogP) is 2.43. The van der Waals surface area contributed by atoms with E-state index in [0.717, 1.165) is 18.3 Å². The lowest BCUT2D eigenvalue weighted by molar-refractivity contribution is 0.0696. The summed E-state index contributed by atoms with van der Waals surface area (Å²) < 4.78 is 31.3. The topological polar surface area (TPSA) is 85.4 Å². The monoisotopic (exact) mass is 266 g/mol. The zero-order valence-electron chi connectivity index (χ0n) is 9.43. The van der Waals surface area contributed by atoms with Crippen LogP contribution in [0.1, 0.15) is 10.4 Å². The molecule has 2 rings (SSSR count). The molecule has 0 aliphatic heterocycles. The molecule has 0 spiro atoms. The molecule has 1 aromatic heterocycles. The number of nitrogen functional groups attached to an aromatic ring is 1. The summed E-state index contributed by atoms with van der Waals surface area (Å²) in [5.74, 6) is -4.04. The Labute approximate surface area is 106 Å². The summed E-state index contributed by atoms with van der Waals surface area (Å²) in [7, 11) is 0. The number of nitrogens with zero attached hydrogens (tertiary/aromatic N) is 1. The second kappa shape index (κ2) is 4.89. The van der Waals surface area contributed by atoms with Gasteiger partial charge < -0.3 is 15.6 Å². The Morgan fingerprint density at radius 2 is 2.11 bits per heavy atom. The highest BCUT2D eigenvalue weighted by Gasteiger charge is 2.13. The van der Waals surface area contributed by atoms with Crippen LogP contribution in [-0.2, 0) is 0 Å². The van der Waals surface area contributed by atoms with Gasteiger partial charge in [-0.25, -0.2) is 14.2 Å². The number of pyridine rings is 1. The molecule has 0 unspecified atom stereocenters. The van der Waals surface area contributed by atoms with Gasteiger partial charge in [0, 0.05) is 6.20 Å². The molecule has 0 saturated carbocycles. The number of aromatic nitrogens is 1. The first-order valence-electron chi connectivity index (χ1n) is 5.09. The molecule has 0 aliphatic carbocycles. The first-order chi connectivity index (χ1) is 8.99. The third kappa shape index (κ3) is 2.59. The molecule has 0 aliphatic rings. The van der Waals surface area contributed by atoms with Gasteiger partial charge in [-0.2, -0.15) is 4.39 Å². The molecule has 5 nitrogen and oxygen atoms in total. The number of carboxylic acids is 1. The standard InChI is InChI=1S/C12H8F2N2O3/c13-7-2-1-3-9(10(7)14)19-11-8(15)4-6(5-16-11)12(17)18/h1-5H,15H2,(H,17,18). The molecule has 19 heavy (non-hydrogen) atoms. The van der Waals surface area contributed by atoms with Crippen LogP contribution in [-0.4, -0.2) is 16.1 Å². The Morgan fingerprint density at radius 3 is 2.74 bits per heavy atom. The van der Waals surface area contributed by atoms with Gasteiger partial charge in [0.1, 0.15) is 0 Å². The summed E-state index contributed by atoms with van der Waals surface area (Å²) in [5, 5.41) is 8.72. The van der Waals surface area contributed by atoms with Crippen molar-refractivity contribution in [2.24, 2.45) is 0 Å². The van der Waals surface area contributed by atoms with Gasteiger partial charge in [0.05, 0.1) is 11.3 Å². The van der Waals surface area contributed by atoms with Gasteiger partial charge in [-0.3, -0.25) is 0 Å². The number of hydrogen-bond acceptors (Lipinski definition) is 4. The lowest BCUT2D eigenvalue weighted by Gasteiger charge is -2.08. The van der Waals surface area contributed by atoms with E-state index in [1.54, 1.807) is 0 Å². The molecule has 98 valence electrons. The molecule has 0 fully saturated rings. The third-order valence-corrected chi connectivity index (χ3v) is 2.25. The van der Waals surface area contributed by atoms with E-state index in [2.05, 4.69) is 4.98 Å². The SMILES string of the molecule is Nc1cc(C(=O)O)cnc1Oc1cccc(F)c1F. The fraction of sp³-hybridized carbons (Fsp3) is 0. The molecule has 0 atom stereocenters. The number of aromatic carboxylic acids is 1. The lowest BCUT2D eigenvalue weighted by atomic mass is 10.2. The first-order valence-corrected chi connectivity index (χ1v) is 5.09. The summed E-state index contributed by atoms with van der Waals surface area (Å²) in [6.07, 6.45) is 1.01. The lowest BCUT2D eigenvalue weighted by Crippen LogP contribution is -2.02. The number of ether oxygens (including phenoxy) is 1. The molecule has 1 heterocycles. The van der Waals surface area contributed by atoms with E-state index in [0.29, 0.717) is 0 Å². The molecule has 1 aromatic carbocycles. The third-order valence-electron chi connectivity index (χ3n) is 2.25. The number of anilines is 1. The van der Waals surface area contributed by atoms with Gasteiger partial charge >= 0.3 is 5.97 Å². The summed E-state index contributed by atoms with van der Waals surface area (Å²) in [6.45, 7) is 0. The van der Waals surface area contributed by atoms with Crippen LogP contribution in [0.4, 0.5) is 14.5 Å². The van der Waals surface area contributed by atoms with Crippen LogP contribution in [0.25, 0.3) is 0 Å². The van der Waals surface area contributed by atoms with Gasteiger partial charge in [-0.1, -0.05) is 6.07 Å². The molecule has 0 saturated heterocycles. The molecule has 2 aromatic rings. The summed E-state index contributed by atoms with van der Waals surface area (Å²) in [4.78, 5) is 14.3. The molecule has 7 heteroatoms. The highest BCUT2D eigenvalue weighted by Crippen LogP contribution is 2.28. The molecule has 0 radical (unpaired) electrons. The smallest absolute Gasteiger partial charge is 0.337 e. The van der Waals surface area contributed by atoms with E-state index in [-0.39, 0.29) is 22.9 Å². The van der Waals surface area contributed by atoms with Gasteiger partial charge in [0.15, 0.2) is 11.6 Å². The van der Waals surface area contributed by atoms with Crippen LogP contribution < -0.4 is 10.5 Å². The van der Waals surface area contributed by atoms with Crippen LogP contribution in [0.2, 0.25) is 0 Å². The van der Waals surface area contributed by atoms with Crippen molar-refractivity contribution in [2.45, 2.75) is 0 Å². The van der Waals surface area contributed by atoms with Gasteiger partial charge in [0.25, 0.3) is 0 Å². The zero-order chi connectivity index (χ0) is 14.0. The van der Waals surface area contributed by atoms with Crippen molar-refractivity contribution in [3.8, 4) is 11.6 Å². The Morgan fingerprint density at radius 1 is 1.37 bits per heavy atom. The first kappa shape index (κ1) is 12.7. The average Bonchev–Trinajstić information content (AvgIpc) is 2.37. The Balaban J connectivity index is 2.34. The van der Waals surface area contributed by atoms with E-state index >= 15 is 0 Å². The molecule has 0 bridgehead atoms. The summed E-state index contributed by atoms with van der Waals surface area (Å²) in [6, 6.07) is 4.51. The fourth-order valence-corrected chi connectivity index (χ4v) is 1.34. The van der Waals surface area contributed by atoms with Crippen molar-refractivity contribution >= 4 is 11.7 Å². The number of rotatable bonds is 3. The van der Waals surface area contributed by atoms with Crippen LogP contribution in [0, 0.1) is 11.6 Å².